The summed E-state index contributed by atoms with van der Waals surface area (Å²) in [5, 5.41) is -0.0498. The summed E-state index contributed by atoms with van der Waals surface area (Å²) < 4.78 is 38.8. The van der Waals surface area contributed by atoms with Gasteiger partial charge in [0.2, 0.25) is 0 Å². The van der Waals surface area contributed by atoms with E-state index in [4.69, 9.17) is 23.2 Å². The minimum Gasteiger partial charge on any atom is -0.301 e. The zero-order chi connectivity index (χ0) is 11.9. The largest absolute Gasteiger partial charge is 0.417 e. The minimum atomic E-state index is -4.44. The minimum absolute atomic E-state index is 0.0498. The van der Waals surface area contributed by atoms with Crippen LogP contribution in [0.3, 0.4) is 0 Å². The van der Waals surface area contributed by atoms with Crippen LogP contribution in [0.2, 0.25) is 5.02 Å². The van der Waals surface area contributed by atoms with E-state index in [-0.39, 0.29) is 16.5 Å². The first kappa shape index (κ1) is 11.5. The molecule has 16 heavy (non-hydrogen) atoms. The van der Waals surface area contributed by atoms with Gasteiger partial charge in [0.1, 0.15) is 0 Å². The number of hydrogen-bond acceptors (Lipinski definition) is 1. The average Bonchev–Trinajstić information content (AvgIpc) is 2.59. The first-order valence-electron chi connectivity index (χ1n) is 4.22. The first-order valence-corrected chi connectivity index (χ1v) is 5.13. The first-order chi connectivity index (χ1) is 7.43. The fourth-order valence-corrected chi connectivity index (χ4v) is 1.80. The van der Waals surface area contributed by atoms with Crippen molar-refractivity contribution in [3.8, 4) is 0 Å². The van der Waals surface area contributed by atoms with Crippen LogP contribution in [-0.2, 0) is 12.1 Å². The molecule has 0 atom stereocenters. The fourth-order valence-electron chi connectivity index (χ4n) is 1.35. The van der Waals surface area contributed by atoms with Crippen molar-refractivity contribution in [3.63, 3.8) is 0 Å². The molecule has 0 bridgehead atoms. The molecule has 2 aromatic heterocycles. The monoisotopic (exact) mass is 268 g/mol. The van der Waals surface area contributed by atoms with E-state index in [0.717, 1.165) is 12.3 Å². The highest BCUT2D eigenvalue weighted by Crippen LogP contribution is 2.32. The normalized spacial score (nSPS) is 12.3. The van der Waals surface area contributed by atoms with E-state index in [2.05, 4.69) is 4.98 Å². The average molecular weight is 269 g/mol. The SMILES string of the molecule is FC(F)(F)c1cc(Cl)c2ncc(CCl)n2c1. The summed E-state index contributed by atoms with van der Waals surface area (Å²) in [4.78, 5) is 3.89. The molecule has 7 heteroatoms. The molecule has 2 aromatic rings. The van der Waals surface area contributed by atoms with Gasteiger partial charge in [-0.3, -0.25) is 0 Å². The molecule has 2 heterocycles. The maximum atomic E-state index is 12.5. The van der Waals surface area contributed by atoms with Crippen LogP contribution in [0.5, 0.6) is 0 Å². The molecule has 0 fully saturated rings. The Labute approximate surface area is 98.6 Å². The Hall–Kier alpha value is -0.940. The summed E-state index contributed by atoms with van der Waals surface area (Å²) in [6, 6.07) is 0.849. The second kappa shape index (κ2) is 3.82. The quantitative estimate of drug-likeness (QED) is 0.721. The Bertz CT molecular complexity index is 533. The van der Waals surface area contributed by atoms with Crippen molar-refractivity contribution in [3.05, 3.63) is 34.7 Å². The van der Waals surface area contributed by atoms with Gasteiger partial charge in [-0.15, -0.1) is 11.6 Å². The van der Waals surface area contributed by atoms with Gasteiger partial charge in [0, 0.05) is 6.20 Å². The van der Waals surface area contributed by atoms with Gasteiger partial charge in [-0.05, 0) is 6.07 Å². The third-order valence-electron chi connectivity index (χ3n) is 2.10. The smallest absolute Gasteiger partial charge is 0.301 e. The lowest BCUT2D eigenvalue weighted by atomic mass is 10.3. The summed E-state index contributed by atoms with van der Waals surface area (Å²) in [6.07, 6.45) is -2.11. The van der Waals surface area contributed by atoms with E-state index in [1.807, 2.05) is 0 Å². The summed E-state index contributed by atoms with van der Waals surface area (Å²) >= 11 is 11.3. The second-order valence-corrected chi connectivity index (χ2v) is 3.83. The van der Waals surface area contributed by atoms with Gasteiger partial charge in [0.15, 0.2) is 5.65 Å². The number of halogens is 5. The highest BCUT2D eigenvalue weighted by Gasteiger charge is 2.32. The summed E-state index contributed by atoms with van der Waals surface area (Å²) in [6.45, 7) is 0. The topological polar surface area (TPSA) is 17.3 Å². The highest BCUT2D eigenvalue weighted by molar-refractivity contribution is 6.33. The van der Waals surface area contributed by atoms with Crippen LogP contribution in [0, 0.1) is 0 Å². The van der Waals surface area contributed by atoms with E-state index in [9.17, 15) is 13.2 Å². The predicted octanol–water partition coefficient (Wildman–Crippen LogP) is 3.75. The van der Waals surface area contributed by atoms with Crippen LogP contribution in [0.15, 0.2) is 18.5 Å². The van der Waals surface area contributed by atoms with Crippen molar-refractivity contribution in [2.75, 3.05) is 0 Å². The van der Waals surface area contributed by atoms with E-state index in [1.54, 1.807) is 0 Å². The van der Waals surface area contributed by atoms with Gasteiger partial charge in [-0.2, -0.15) is 13.2 Å². The lowest BCUT2D eigenvalue weighted by molar-refractivity contribution is -0.137. The van der Waals surface area contributed by atoms with E-state index >= 15 is 0 Å². The van der Waals surface area contributed by atoms with Crippen molar-refractivity contribution in [1.29, 1.82) is 0 Å². The van der Waals surface area contributed by atoms with Crippen molar-refractivity contribution >= 4 is 28.8 Å². The molecule has 0 aliphatic rings. The lowest BCUT2D eigenvalue weighted by Gasteiger charge is -2.08. The van der Waals surface area contributed by atoms with Gasteiger partial charge in [-0.1, -0.05) is 11.6 Å². The number of fused-ring (bicyclic) bond motifs is 1. The number of nitrogens with zero attached hydrogens (tertiary/aromatic N) is 2. The van der Waals surface area contributed by atoms with Gasteiger partial charge in [0.25, 0.3) is 0 Å². The third-order valence-corrected chi connectivity index (χ3v) is 2.65. The summed E-state index contributed by atoms with van der Waals surface area (Å²) in [5.41, 5.74) is -0.0932. The van der Waals surface area contributed by atoms with Gasteiger partial charge < -0.3 is 4.40 Å². The maximum absolute atomic E-state index is 12.5. The number of aromatic nitrogens is 2. The number of rotatable bonds is 1. The van der Waals surface area contributed by atoms with E-state index < -0.39 is 11.7 Å². The summed E-state index contributed by atoms with van der Waals surface area (Å²) in [7, 11) is 0. The van der Waals surface area contributed by atoms with Gasteiger partial charge >= 0.3 is 6.18 Å². The Kier molecular flexibility index (Phi) is 2.75. The zero-order valence-corrected chi connectivity index (χ0v) is 9.24. The molecule has 0 aliphatic heterocycles. The standard InChI is InChI=1S/C9H5Cl2F3N2/c10-2-6-3-15-8-7(11)1-5(4-16(6)8)9(12,13)14/h1,3-4H,2H2. The van der Waals surface area contributed by atoms with Crippen LogP contribution in [0.25, 0.3) is 5.65 Å². The molecular weight excluding hydrogens is 264 g/mol. The van der Waals surface area contributed by atoms with Crippen LogP contribution < -0.4 is 0 Å². The number of imidazole rings is 1. The molecule has 2 rings (SSSR count). The molecule has 0 aromatic carbocycles. The van der Waals surface area contributed by atoms with E-state index in [0.29, 0.717) is 5.69 Å². The molecule has 0 N–H and O–H groups in total. The van der Waals surface area contributed by atoms with Crippen LogP contribution in [-0.4, -0.2) is 9.38 Å². The molecule has 2 nitrogen and oxygen atoms in total. The molecule has 0 unspecified atom stereocenters. The van der Waals surface area contributed by atoms with Crippen LogP contribution >= 0.6 is 23.2 Å². The molecule has 86 valence electrons. The fraction of sp³-hybridized carbons (Fsp3) is 0.222. The number of alkyl halides is 4. The van der Waals surface area contributed by atoms with Crippen molar-refractivity contribution in [1.82, 2.24) is 9.38 Å². The van der Waals surface area contributed by atoms with Gasteiger partial charge in [-0.25, -0.2) is 4.98 Å². The van der Waals surface area contributed by atoms with Gasteiger partial charge in [0.05, 0.1) is 28.4 Å². The van der Waals surface area contributed by atoms with Crippen molar-refractivity contribution < 1.29 is 13.2 Å². The number of hydrogen-bond donors (Lipinski definition) is 0. The molecule has 0 saturated heterocycles. The van der Waals surface area contributed by atoms with Crippen LogP contribution in [0.1, 0.15) is 11.3 Å². The third kappa shape index (κ3) is 1.85. The van der Waals surface area contributed by atoms with Crippen LogP contribution in [0.4, 0.5) is 13.2 Å². The summed E-state index contributed by atoms with van der Waals surface area (Å²) in [5.74, 6) is 0.0683. The maximum Gasteiger partial charge on any atom is 0.417 e. The zero-order valence-electron chi connectivity index (χ0n) is 7.72. The van der Waals surface area contributed by atoms with E-state index in [1.165, 1.54) is 10.6 Å². The van der Waals surface area contributed by atoms with Crippen molar-refractivity contribution in [2.45, 2.75) is 12.1 Å². The molecule has 0 aliphatic carbocycles. The Morgan fingerprint density at radius 3 is 2.62 bits per heavy atom. The molecule has 0 spiro atoms. The Balaban J connectivity index is 2.73. The number of pyridine rings is 1. The molecular formula is C9H5Cl2F3N2. The molecule has 0 saturated carbocycles. The second-order valence-electron chi connectivity index (χ2n) is 3.15. The molecule has 0 amide bonds. The Morgan fingerprint density at radius 2 is 2.06 bits per heavy atom. The lowest BCUT2D eigenvalue weighted by Crippen LogP contribution is -2.07. The highest BCUT2D eigenvalue weighted by atomic mass is 35.5. The van der Waals surface area contributed by atoms with Crippen molar-refractivity contribution in [2.24, 2.45) is 0 Å². The molecule has 0 radical (unpaired) electrons. The Morgan fingerprint density at radius 1 is 1.38 bits per heavy atom. The predicted molar refractivity (Wildman–Crippen MR) is 54.8 cm³/mol.